The molecule has 2 atom stereocenters. The van der Waals surface area contributed by atoms with E-state index >= 15 is 0 Å². The van der Waals surface area contributed by atoms with Gasteiger partial charge < -0.3 is 14.6 Å². The van der Waals surface area contributed by atoms with Gasteiger partial charge in [0.1, 0.15) is 12.4 Å². The molecular weight excluding hydrogens is 394 g/mol. The molecule has 0 spiro atoms. The van der Waals surface area contributed by atoms with Crippen LogP contribution in [-0.2, 0) is 14.8 Å². The molecule has 1 N–H and O–H groups in total. The first-order valence-corrected chi connectivity index (χ1v) is 11.8. The van der Waals surface area contributed by atoms with Gasteiger partial charge in [-0.05, 0) is 38.1 Å². The molecule has 1 aromatic carbocycles. The Morgan fingerprint density at radius 2 is 1.86 bits per heavy atom. The lowest BCUT2D eigenvalue weighted by Crippen LogP contribution is -2.53. The van der Waals surface area contributed by atoms with E-state index in [4.69, 9.17) is 9.47 Å². The third-order valence-electron chi connectivity index (χ3n) is 5.45. The molecule has 0 radical (unpaired) electrons. The highest BCUT2D eigenvalue weighted by molar-refractivity contribution is 7.89. The van der Waals surface area contributed by atoms with E-state index in [0.29, 0.717) is 51.2 Å². The molecule has 1 aromatic rings. The summed E-state index contributed by atoms with van der Waals surface area (Å²) in [4.78, 5) is 4.96. The third-order valence-corrected chi connectivity index (χ3v) is 7.36. The molecule has 2 heterocycles. The molecule has 164 valence electrons. The van der Waals surface area contributed by atoms with E-state index < -0.39 is 10.0 Å². The number of hydrogen-bond donors (Lipinski definition) is 1. The average Bonchev–Trinajstić information content (AvgIpc) is 2.70. The molecule has 8 nitrogen and oxygen atoms in total. The molecule has 2 aliphatic rings. The second-order valence-electron chi connectivity index (χ2n) is 7.83. The highest BCUT2D eigenvalue weighted by Crippen LogP contribution is 2.20. The van der Waals surface area contributed by atoms with Crippen molar-refractivity contribution >= 4 is 10.0 Å². The SMILES string of the molecule is C[C@H](O)CN1CCN(CCOc2ccc(S(=O)(=O)N3CCOCC3)cc2)[C@H](C)C1. The summed E-state index contributed by atoms with van der Waals surface area (Å²) in [5.41, 5.74) is 0. The van der Waals surface area contributed by atoms with Crippen LogP contribution in [0.2, 0.25) is 0 Å². The van der Waals surface area contributed by atoms with Crippen LogP contribution in [0.1, 0.15) is 13.8 Å². The summed E-state index contributed by atoms with van der Waals surface area (Å²) in [5, 5.41) is 9.55. The Balaban J connectivity index is 1.46. The Labute approximate surface area is 174 Å². The number of benzene rings is 1. The van der Waals surface area contributed by atoms with Crippen LogP contribution in [0.25, 0.3) is 0 Å². The van der Waals surface area contributed by atoms with E-state index in [1.165, 1.54) is 4.31 Å². The number of aliphatic hydroxyl groups is 1. The van der Waals surface area contributed by atoms with Crippen LogP contribution in [0.4, 0.5) is 0 Å². The lowest BCUT2D eigenvalue weighted by Gasteiger charge is -2.40. The first-order valence-electron chi connectivity index (χ1n) is 10.3. The quantitative estimate of drug-likeness (QED) is 0.646. The number of rotatable bonds is 8. The summed E-state index contributed by atoms with van der Waals surface area (Å²) >= 11 is 0. The number of piperazine rings is 1. The number of nitrogens with zero attached hydrogens (tertiary/aromatic N) is 3. The van der Waals surface area contributed by atoms with E-state index in [1.807, 2.05) is 6.92 Å². The van der Waals surface area contributed by atoms with Gasteiger partial charge in [0.25, 0.3) is 0 Å². The van der Waals surface area contributed by atoms with Crippen molar-refractivity contribution in [3.05, 3.63) is 24.3 Å². The van der Waals surface area contributed by atoms with Crippen LogP contribution in [0, 0.1) is 0 Å². The fourth-order valence-corrected chi connectivity index (χ4v) is 5.27. The Morgan fingerprint density at radius 3 is 2.48 bits per heavy atom. The highest BCUT2D eigenvalue weighted by Gasteiger charge is 2.26. The molecule has 2 fully saturated rings. The zero-order chi connectivity index (χ0) is 20.9. The summed E-state index contributed by atoms with van der Waals surface area (Å²) < 4.78 is 37.8. The van der Waals surface area contributed by atoms with Gasteiger partial charge in [-0.15, -0.1) is 0 Å². The first-order chi connectivity index (χ1) is 13.9. The van der Waals surface area contributed by atoms with E-state index in [1.54, 1.807) is 24.3 Å². The van der Waals surface area contributed by atoms with Crippen LogP contribution in [0.3, 0.4) is 0 Å². The molecule has 3 rings (SSSR count). The zero-order valence-corrected chi connectivity index (χ0v) is 18.2. The molecule has 9 heteroatoms. The van der Waals surface area contributed by atoms with Gasteiger partial charge in [0, 0.05) is 51.9 Å². The monoisotopic (exact) mass is 427 g/mol. The van der Waals surface area contributed by atoms with Gasteiger partial charge in [-0.1, -0.05) is 0 Å². The van der Waals surface area contributed by atoms with Gasteiger partial charge in [-0.2, -0.15) is 4.31 Å². The lowest BCUT2D eigenvalue weighted by molar-refractivity contribution is 0.0445. The Morgan fingerprint density at radius 1 is 1.17 bits per heavy atom. The average molecular weight is 428 g/mol. The minimum atomic E-state index is -3.47. The normalized spacial score (nSPS) is 23.8. The van der Waals surface area contributed by atoms with Crippen LogP contribution in [0.5, 0.6) is 5.75 Å². The van der Waals surface area contributed by atoms with Gasteiger partial charge in [-0.25, -0.2) is 8.42 Å². The summed E-state index contributed by atoms with van der Waals surface area (Å²) in [7, 11) is -3.47. The van der Waals surface area contributed by atoms with Crippen LogP contribution < -0.4 is 4.74 Å². The number of morpholine rings is 1. The standard InChI is InChI=1S/C20H33N3O5S/c1-17-15-21(16-18(2)24)7-8-22(17)9-14-28-19-3-5-20(6-4-19)29(25,26)23-10-12-27-13-11-23/h3-6,17-18,24H,7-16H2,1-2H3/t17-,18+/m1/s1. The van der Waals surface area contributed by atoms with Gasteiger partial charge in [0.15, 0.2) is 0 Å². The van der Waals surface area contributed by atoms with Crippen molar-refractivity contribution in [3.63, 3.8) is 0 Å². The topological polar surface area (TPSA) is 82.5 Å². The Kier molecular flexibility index (Phi) is 7.89. The second kappa shape index (κ2) is 10.2. The van der Waals surface area contributed by atoms with Crippen molar-refractivity contribution in [2.24, 2.45) is 0 Å². The molecule has 0 aliphatic carbocycles. The molecule has 0 amide bonds. The minimum absolute atomic E-state index is 0.287. The van der Waals surface area contributed by atoms with Crippen LogP contribution in [0.15, 0.2) is 29.2 Å². The van der Waals surface area contributed by atoms with E-state index in [9.17, 15) is 13.5 Å². The van der Waals surface area contributed by atoms with Crippen molar-refractivity contribution in [3.8, 4) is 5.75 Å². The summed E-state index contributed by atoms with van der Waals surface area (Å²) in [6.07, 6.45) is -0.299. The molecule has 29 heavy (non-hydrogen) atoms. The Bertz CT molecular complexity index is 735. The fourth-order valence-electron chi connectivity index (χ4n) is 3.87. The van der Waals surface area contributed by atoms with Crippen molar-refractivity contribution < 1.29 is 23.0 Å². The van der Waals surface area contributed by atoms with Crippen molar-refractivity contribution in [2.75, 3.05) is 65.6 Å². The highest BCUT2D eigenvalue weighted by atomic mass is 32.2. The molecular formula is C20H33N3O5S. The van der Waals surface area contributed by atoms with E-state index in [0.717, 1.165) is 26.2 Å². The largest absolute Gasteiger partial charge is 0.492 e. The Hall–Kier alpha value is -1.23. The smallest absolute Gasteiger partial charge is 0.243 e. The van der Waals surface area contributed by atoms with Crippen LogP contribution >= 0.6 is 0 Å². The van der Waals surface area contributed by atoms with Gasteiger partial charge in [-0.3, -0.25) is 9.80 Å². The van der Waals surface area contributed by atoms with Gasteiger partial charge in [0.2, 0.25) is 10.0 Å². The fraction of sp³-hybridized carbons (Fsp3) is 0.700. The van der Waals surface area contributed by atoms with Crippen molar-refractivity contribution in [1.29, 1.82) is 0 Å². The van der Waals surface area contributed by atoms with Crippen molar-refractivity contribution in [2.45, 2.75) is 30.9 Å². The molecule has 2 saturated heterocycles. The first kappa shape index (κ1) is 22.5. The lowest BCUT2D eigenvalue weighted by atomic mass is 10.2. The predicted octanol–water partition coefficient (Wildman–Crippen LogP) is 0.473. The van der Waals surface area contributed by atoms with Crippen LogP contribution in [-0.4, -0.2) is 105 Å². The summed E-state index contributed by atoms with van der Waals surface area (Å²) in [6.45, 7) is 10.6. The maximum Gasteiger partial charge on any atom is 0.243 e. The number of sulfonamides is 1. The second-order valence-corrected chi connectivity index (χ2v) is 9.77. The molecule has 0 saturated carbocycles. The summed E-state index contributed by atoms with van der Waals surface area (Å²) in [5.74, 6) is 0.673. The van der Waals surface area contributed by atoms with E-state index in [-0.39, 0.29) is 11.0 Å². The maximum absolute atomic E-state index is 12.7. The molecule has 2 aliphatic heterocycles. The predicted molar refractivity (Wildman–Crippen MR) is 111 cm³/mol. The maximum atomic E-state index is 12.7. The molecule has 0 aromatic heterocycles. The zero-order valence-electron chi connectivity index (χ0n) is 17.4. The minimum Gasteiger partial charge on any atom is -0.492 e. The number of β-amino-alcohol motifs (C(OH)–C–C–N with tert-alkyl or cyclic N) is 1. The number of ether oxygens (including phenoxy) is 2. The van der Waals surface area contributed by atoms with Crippen molar-refractivity contribution in [1.82, 2.24) is 14.1 Å². The third kappa shape index (κ3) is 6.13. The van der Waals surface area contributed by atoms with Gasteiger partial charge >= 0.3 is 0 Å². The number of aliphatic hydroxyl groups excluding tert-OH is 1. The molecule has 0 bridgehead atoms. The van der Waals surface area contributed by atoms with Gasteiger partial charge in [0.05, 0.1) is 24.2 Å². The molecule has 0 unspecified atom stereocenters. The van der Waals surface area contributed by atoms with E-state index in [2.05, 4.69) is 16.7 Å². The summed E-state index contributed by atoms with van der Waals surface area (Å²) in [6, 6.07) is 7.07. The number of hydrogen-bond acceptors (Lipinski definition) is 7.